The molecule has 1 aliphatic heterocycles. The Morgan fingerprint density at radius 2 is 2.12 bits per heavy atom. The maximum atomic E-state index is 13.0. The first-order valence-electron chi connectivity index (χ1n) is 8.10. The van der Waals surface area contributed by atoms with E-state index >= 15 is 0 Å². The highest BCUT2D eigenvalue weighted by molar-refractivity contribution is 9.10. The van der Waals surface area contributed by atoms with E-state index in [2.05, 4.69) is 28.6 Å². The van der Waals surface area contributed by atoms with Crippen molar-refractivity contribution in [3.8, 4) is 17.6 Å². The van der Waals surface area contributed by atoms with E-state index in [0.29, 0.717) is 53.4 Å². The first-order valence-corrected chi connectivity index (χ1v) is 8.90. The minimum absolute atomic E-state index is 0.148. The van der Waals surface area contributed by atoms with Gasteiger partial charge in [0.1, 0.15) is 13.2 Å². The fourth-order valence-corrected chi connectivity index (χ4v) is 3.31. The number of rotatable bonds is 5. The van der Waals surface area contributed by atoms with Crippen LogP contribution in [0.2, 0.25) is 0 Å². The predicted molar refractivity (Wildman–Crippen MR) is 101 cm³/mol. The predicted octanol–water partition coefficient (Wildman–Crippen LogP) is 3.92. The zero-order chi connectivity index (χ0) is 18.5. The molecule has 0 radical (unpaired) electrons. The highest BCUT2D eigenvalue weighted by Gasteiger charge is 2.22. The van der Waals surface area contributed by atoms with E-state index in [9.17, 15) is 4.79 Å². The molecule has 26 heavy (non-hydrogen) atoms. The van der Waals surface area contributed by atoms with Gasteiger partial charge in [0, 0.05) is 18.7 Å². The summed E-state index contributed by atoms with van der Waals surface area (Å²) in [5, 5.41) is 9.05. The molecule has 0 N–H and O–H groups in total. The van der Waals surface area contributed by atoms with Crippen LogP contribution in [0.15, 0.2) is 53.5 Å². The summed E-state index contributed by atoms with van der Waals surface area (Å²) >= 11 is 3.44. The van der Waals surface area contributed by atoms with Gasteiger partial charge in [-0.05, 0) is 45.8 Å². The molecule has 0 bridgehead atoms. The van der Waals surface area contributed by atoms with E-state index in [1.54, 1.807) is 35.2 Å². The van der Waals surface area contributed by atoms with Crippen molar-refractivity contribution in [2.24, 2.45) is 0 Å². The summed E-state index contributed by atoms with van der Waals surface area (Å²) in [7, 11) is 0. The Morgan fingerprint density at radius 3 is 2.88 bits per heavy atom. The average Bonchev–Trinajstić information content (AvgIpc) is 2.67. The number of benzene rings is 2. The van der Waals surface area contributed by atoms with Crippen LogP contribution >= 0.6 is 15.9 Å². The van der Waals surface area contributed by atoms with Crippen molar-refractivity contribution in [3.63, 3.8) is 0 Å². The third kappa shape index (κ3) is 3.89. The Labute approximate surface area is 160 Å². The van der Waals surface area contributed by atoms with Crippen LogP contribution in [0.5, 0.6) is 11.5 Å². The smallest absolute Gasteiger partial charge is 0.254 e. The fourth-order valence-electron chi connectivity index (χ4n) is 2.75. The van der Waals surface area contributed by atoms with Crippen molar-refractivity contribution >= 4 is 21.8 Å². The van der Waals surface area contributed by atoms with Crippen molar-refractivity contribution in [1.82, 2.24) is 4.90 Å². The summed E-state index contributed by atoms with van der Waals surface area (Å²) in [6.07, 6.45) is 1.68. The van der Waals surface area contributed by atoms with Gasteiger partial charge in [-0.1, -0.05) is 18.2 Å². The van der Waals surface area contributed by atoms with Gasteiger partial charge in [-0.15, -0.1) is 6.58 Å². The Kier molecular flexibility index (Phi) is 5.59. The quantitative estimate of drug-likeness (QED) is 0.698. The number of hydrogen-bond donors (Lipinski definition) is 0. The molecule has 132 valence electrons. The summed E-state index contributed by atoms with van der Waals surface area (Å²) in [6, 6.07) is 12.8. The lowest BCUT2D eigenvalue weighted by Gasteiger charge is -2.24. The van der Waals surface area contributed by atoms with Crippen molar-refractivity contribution < 1.29 is 14.3 Å². The summed E-state index contributed by atoms with van der Waals surface area (Å²) in [4.78, 5) is 14.7. The molecule has 1 amide bonds. The monoisotopic (exact) mass is 412 g/mol. The molecular weight excluding hydrogens is 396 g/mol. The maximum Gasteiger partial charge on any atom is 0.254 e. The first kappa shape index (κ1) is 18.0. The topological polar surface area (TPSA) is 62.6 Å². The molecule has 2 aromatic rings. The van der Waals surface area contributed by atoms with Crippen LogP contribution in [0.25, 0.3) is 0 Å². The van der Waals surface area contributed by atoms with E-state index in [0.717, 1.165) is 5.56 Å². The van der Waals surface area contributed by atoms with Crippen molar-refractivity contribution in [2.45, 2.75) is 6.54 Å². The molecular formula is C20H17BrN2O3. The number of ether oxygens (including phenoxy) is 2. The number of nitriles is 1. The lowest BCUT2D eigenvalue weighted by Crippen LogP contribution is -2.31. The highest BCUT2D eigenvalue weighted by atomic mass is 79.9. The molecule has 0 aliphatic carbocycles. The van der Waals surface area contributed by atoms with E-state index in [-0.39, 0.29) is 5.91 Å². The second-order valence-electron chi connectivity index (χ2n) is 5.77. The van der Waals surface area contributed by atoms with Crippen molar-refractivity contribution in [2.75, 3.05) is 19.8 Å². The van der Waals surface area contributed by atoms with Crippen LogP contribution in [-0.2, 0) is 6.54 Å². The molecule has 6 heteroatoms. The van der Waals surface area contributed by atoms with E-state index in [1.165, 1.54) is 0 Å². The van der Waals surface area contributed by atoms with Gasteiger partial charge < -0.3 is 14.4 Å². The summed E-state index contributed by atoms with van der Waals surface area (Å²) in [5.41, 5.74) is 1.95. The Balaban J connectivity index is 1.88. The zero-order valence-electron chi connectivity index (χ0n) is 14.1. The molecule has 0 unspecified atom stereocenters. The molecule has 2 aromatic carbocycles. The number of fused-ring (bicyclic) bond motifs is 1. The standard InChI is InChI=1S/C20H17BrN2O3/c1-2-6-23(13-15-5-3-4-14(9-15)12-22)20(24)16-10-17(21)19-18(11-16)25-7-8-26-19/h2-5,9-11H,1,6-8,13H2. The van der Waals surface area contributed by atoms with Crippen LogP contribution < -0.4 is 9.47 Å². The summed E-state index contributed by atoms with van der Waals surface area (Å²) < 4.78 is 11.9. The molecule has 0 fully saturated rings. The Hall–Kier alpha value is -2.78. The first-order chi connectivity index (χ1) is 12.6. The highest BCUT2D eigenvalue weighted by Crippen LogP contribution is 2.38. The van der Waals surface area contributed by atoms with Crippen LogP contribution in [-0.4, -0.2) is 30.6 Å². The lowest BCUT2D eigenvalue weighted by molar-refractivity contribution is 0.0761. The Bertz CT molecular complexity index is 889. The molecule has 0 spiro atoms. The number of carbonyl (C=O) groups excluding carboxylic acids is 1. The average molecular weight is 413 g/mol. The van der Waals surface area contributed by atoms with Gasteiger partial charge in [-0.25, -0.2) is 0 Å². The SMILES string of the molecule is C=CCN(Cc1cccc(C#N)c1)C(=O)c1cc(Br)c2c(c1)OCCO2. The molecule has 0 saturated heterocycles. The van der Waals surface area contributed by atoms with Crippen LogP contribution in [0, 0.1) is 11.3 Å². The Morgan fingerprint density at radius 1 is 1.31 bits per heavy atom. The second-order valence-corrected chi connectivity index (χ2v) is 6.62. The molecule has 5 nitrogen and oxygen atoms in total. The van der Waals surface area contributed by atoms with Gasteiger partial charge in [-0.2, -0.15) is 5.26 Å². The second kappa shape index (κ2) is 8.07. The normalized spacial score (nSPS) is 12.2. The lowest BCUT2D eigenvalue weighted by atomic mass is 10.1. The van der Waals surface area contributed by atoms with Gasteiger partial charge >= 0.3 is 0 Å². The fraction of sp³-hybridized carbons (Fsp3) is 0.200. The van der Waals surface area contributed by atoms with Crippen molar-refractivity contribution in [3.05, 3.63) is 70.2 Å². The largest absolute Gasteiger partial charge is 0.486 e. The van der Waals surface area contributed by atoms with Gasteiger partial charge in [-0.3, -0.25) is 4.79 Å². The third-order valence-electron chi connectivity index (χ3n) is 3.91. The molecule has 3 rings (SSSR count). The van der Waals surface area contributed by atoms with Gasteiger partial charge in [0.2, 0.25) is 0 Å². The molecule has 1 aliphatic rings. The van der Waals surface area contributed by atoms with Crippen molar-refractivity contribution in [1.29, 1.82) is 5.26 Å². The van der Waals surface area contributed by atoms with Gasteiger partial charge in [0.15, 0.2) is 11.5 Å². The third-order valence-corrected chi connectivity index (χ3v) is 4.50. The van der Waals surface area contributed by atoms with Gasteiger partial charge in [0.05, 0.1) is 16.1 Å². The minimum Gasteiger partial charge on any atom is -0.486 e. The van der Waals surface area contributed by atoms with Crippen LogP contribution in [0.1, 0.15) is 21.5 Å². The van der Waals surface area contributed by atoms with E-state index < -0.39 is 0 Å². The van der Waals surface area contributed by atoms with Crippen LogP contribution in [0.3, 0.4) is 0 Å². The number of nitrogens with zero attached hydrogens (tertiary/aromatic N) is 2. The van der Waals surface area contributed by atoms with E-state index in [1.807, 2.05) is 12.1 Å². The number of hydrogen-bond acceptors (Lipinski definition) is 4. The summed E-state index contributed by atoms with van der Waals surface area (Å²) in [6.45, 7) is 5.45. The van der Waals surface area contributed by atoms with Gasteiger partial charge in [0.25, 0.3) is 5.91 Å². The zero-order valence-corrected chi connectivity index (χ0v) is 15.7. The van der Waals surface area contributed by atoms with E-state index in [4.69, 9.17) is 14.7 Å². The molecule has 1 heterocycles. The molecule has 0 aromatic heterocycles. The maximum absolute atomic E-state index is 13.0. The number of amides is 1. The number of carbonyl (C=O) groups is 1. The minimum atomic E-state index is -0.148. The van der Waals surface area contributed by atoms with Crippen LogP contribution in [0.4, 0.5) is 0 Å². The summed E-state index contributed by atoms with van der Waals surface area (Å²) in [5.74, 6) is 1.02. The molecule has 0 atom stereocenters. The number of halogens is 1. The molecule has 0 saturated carbocycles.